The van der Waals surface area contributed by atoms with E-state index in [4.69, 9.17) is 4.42 Å². The third-order valence-electron chi connectivity index (χ3n) is 3.41. The van der Waals surface area contributed by atoms with Crippen LogP contribution in [0.3, 0.4) is 0 Å². The molecule has 1 aromatic carbocycles. The van der Waals surface area contributed by atoms with Gasteiger partial charge in [-0.3, -0.25) is 15.2 Å². The summed E-state index contributed by atoms with van der Waals surface area (Å²) < 4.78 is 5.21. The normalized spacial score (nSPS) is 10.6. The van der Waals surface area contributed by atoms with Gasteiger partial charge >= 0.3 is 0 Å². The van der Waals surface area contributed by atoms with Gasteiger partial charge in [0.15, 0.2) is 17.4 Å². The van der Waals surface area contributed by atoms with E-state index in [0.717, 1.165) is 5.56 Å². The number of aromatic nitrogens is 5. The number of aromatic amines is 1. The van der Waals surface area contributed by atoms with Gasteiger partial charge in [0.1, 0.15) is 0 Å². The van der Waals surface area contributed by atoms with Crippen molar-refractivity contribution in [3.63, 3.8) is 0 Å². The molecule has 122 valence electrons. The van der Waals surface area contributed by atoms with Gasteiger partial charge in [0.2, 0.25) is 5.95 Å². The molecule has 0 spiro atoms. The summed E-state index contributed by atoms with van der Waals surface area (Å²) in [4.78, 5) is 24.8. The zero-order valence-corrected chi connectivity index (χ0v) is 12.9. The molecule has 0 bridgehead atoms. The van der Waals surface area contributed by atoms with Crippen molar-refractivity contribution in [3.05, 3.63) is 66.7 Å². The standard InChI is InChI=1S/C17H12N6O2/c24-16(21-17-20-15(22-23-17)13-7-4-8-25-13)12-9-18-14(19-10-12)11-5-2-1-3-6-11/h1-10H,(H2,20,21,22,23,24). The monoisotopic (exact) mass is 332 g/mol. The molecule has 0 aliphatic rings. The molecule has 0 aliphatic heterocycles. The molecular weight excluding hydrogens is 320 g/mol. The Morgan fingerprint density at radius 1 is 1.04 bits per heavy atom. The number of rotatable bonds is 4. The quantitative estimate of drug-likeness (QED) is 0.594. The first-order valence-corrected chi connectivity index (χ1v) is 7.45. The van der Waals surface area contributed by atoms with E-state index in [9.17, 15) is 4.79 Å². The first-order chi connectivity index (χ1) is 12.3. The van der Waals surface area contributed by atoms with Crippen LogP contribution in [0.4, 0.5) is 5.95 Å². The molecule has 0 saturated carbocycles. The molecule has 0 aliphatic carbocycles. The van der Waals surface area contributed by atoms with E-state index in [1.54, 1.807) is 12.1 Å². The summed E-state index contributed by atoms with van der Waals surface area (Å²) >= 11 is 0. The van der Waals surface area contributed by atoms with Gasteiger partial charge in [-0.2, -0.15) is 4.98 Å². The molecule has 8 heteroatoms. The van der Waals surface area contributed by atoms with E-state index in [0.29, 0.717) is 23.0 Å². The van der Waals surface area contributed by atoms with Gasteiger partial charge in [0.05, 0.1) is 11.8 Å². The predicted octanol–water partition coefficient (Wildman–Crippen LogP) is 2.77. The van der Waals surface area contributed by atoms with Crippen molar-refractivity contribution in [2.45, 2.75) is 0 Å². The number of hydrogen-bond acceptors (Lipinski definition) is 6. The molecule has 0 atom stereocenters. The highest BCUT2D eigenvalue weighted by Gasteiger charge is 2.13. The zero-order chi connectivity index (χ0) is 17.1. The van der Waals surface area contributed by atoms with Gasteiger partial charge in [-0.05, 0) is 12.1 Å². The second-order valence-corrected chi connectivity index (χ2v) is 5.10. The van der Waals surface area contributed by atoms with Crippen LogP contribution in [-0.4, -0.2) is 31.1 Å². The lowest BCUT2D eigenvalue weighted by Crippen LogP contribution is -2.13. The van der Waals surface area contributed by atoms with Crippen LogP contribution in [0.15, 0.2) is 65.5 Å². The first-order valence-electron chi connectivity index (χ1n) is 7.45. The summed E-state index contributed by atoms with van der Waals surface area (Å²) in [6, 6.07) is 13.0. The molecule has 0 radical (unpaired) electrons. The molecule has 4 aromatic rings. The SMILES string of the molecule is O=C(Nc1n[nH]c(-c2ccco2)n1)c1cnc(-c2ccccc2)nc1. The fourth-order valence-electron chi connectivity index (χ4n) is 2.20. The lowest BCUT2D eigenvalue weighted by atomic mass is 10.2. The maximum atomic E-state index is 12.2. The van der Waals surface area contributed by atoms with Gasteiger partial charge < -0.3 is 4.42 Å². The van der Waals surface area contributed by atoms with E-state index in [1.807, 2.05) is 30.3 Å². The number of anilines is 1. The van der Waals surface area contributed by atoms with Crippen molar-refractivity contribution in [2.24, 2.45) is 0 Å². The fourth-order valence-corrected chi connectivity index (χ4v) is 2.20. The van der Waals surface area contributed by atoms with Gasteiger partial charge in [0, 0.05) is 18.0 Å². The van der Waals surface area contributed by atoms with Gasteiger partial charge in [-0.15, -0.1) is 5.10 Å². The van der Waals surface area contributed by atoms with Crippen molar-refractivity contribution in [1.29, 1.82) is 0 Å². The maximum absolute atomic E-state index is 12.2. The smallest absolute Gasteiger partial charge is 0.261 e. The van der Waals surface area contributed by atoms with E-state index in [-0.39, 0.29) is 5.95 Å². The van der Waals surface area contributed by atoms with E-state index < -0.39 is 5.91 Å². The predicted molar refractivity (Wildman–Crippen MR) is 89.5 cm³/mol. The highest BCUT2D eigenvalue weighted by Crippen LogP contribution is 2.17. The Bertz CT molecular complexity index is 978. The van der Waals surface area contributed by atoms with Crippen molar-refractivity contribution in [2.75, 3.05) is 5.32 Å². The molecule has 1 amide bonds. The van der Waals surface area contributed by atoms with Crippen LogP contribution in [0, 0.1) is 0 Å². The number of carbonyl (C=O) groups is 1. The van der Waals surface area contributed by atoms with Crippen LogP contribution in [0.25, 0.3) is 23.0 Å². The topological polar surface area (TPSA) is 110 Å². The Balaban J connectivity index is 1.48. The minimum atomic E-state index is -0.399. The molecule has 3 aromatic heterocycles. The van der Waals surface area contributed by atoms with E-state index in [1.165, 1.54) is 18.7 Å². The summed E-state index contributed by atoms with van der Waals surface area (Å²) in [5.74, 6) is 1.25. The van der Waals surface area contributed by atoms with Crippen LogP contribution >= 0.6 is 0 Å². The number of furan rings is 1. The molecule has 2 N–H and O–H groups in total. The lowest BCUT2D eigenvalue weighted by Gasteiger charge is -2.02. The minimum absolute atomic E-state index is 0.142. The number of benzene rings is 1. The number of H-pyrrole nitrogens is 1. The van der Waals surface area contributed by atoms with Crippen LogP contribution in [0.2, 0.25) is 0 Å². The Hall–Kier alpha value is -3.81. The average Bonchev–Trinajstić information content (AvgIpc) is 3.34. The summed E-state index contributed by atoms with van der Waals surface area (Å²) in [5.41, 5.74) is 1.19. The van der Waals surface area contributed by atoms with Crippen LogP contribution in [0.5, 0.6) is 0 Å². The highest BCUT2D eigenvalue weighted by molar-refractivity contribution is 6.03. The Morgan fingerprint density at radius 2 is 1.84 bits per heavy atom. The minimum Gasteiger partial charge on any atom is -0.461 e. The second-order valence-electron chi connectivity index (χ2n) is 5.10. The molecule has 0 fully saturated rings. The number of hydrogen-bond donors (Lipinski definition) is 2. The van der Waals surface area contributed by atoms with Gasteiger partial charge in [-0.25, -0.2) is 9.97 Å². The average molecular weight is 332 g/mol. The first kappa shape index (κ1) is 14.8. The van der Waals surface area contributed by atoms with Crippen molar-refractivity contribution in [3.8, 4) is 23.0 Å². The highest BCUT2D eigenvalue weighted by atomic mass is 16.3. The van der Waals surface area contributed by atoms with Crippen LogP contribution in [-0.2, 0) is 0 Å². The molecule has 0 unspecified atom stereocenters. The summed E-state index contributed by atoms with van der Waals surface area (Å²) in [7, 11) is 0. The van der Waals surface area contributed by atoms with Crippen LogP contribution < -0.4 is 5.32 Å². The van der Waals surface area contributed by atoms with Crippen molar-refractivity contribution in [1.82, 2.24) is 25.1 Å². The number of nitrogens with one attached hydrogen (secondary N) is 2. The fraction of sp³-hybridized carbons (Fsp3) is 0. The Kier molecular flexibility index (Phi) is 3.76. The molecule has 0 saturated heterocycles. The molecule has 4 rings (SSSR count). The van der Waals surface area contributed by atoms with Crippen LogP contribution in [0.1, 0.15) is 10.4 Å². The van der Waals surface area contributed by atoms with Gasteiger partial charge in [-0.1, -0.05) is 30.3 Å². The summed E-state index contributed by atoms with van der Waals surface area (Å²) in [6.07, 6.45) is 4.46. The van der Waals surface area contributed by atoms with Gasteiger partial charge in [0.25, 0.3) is 5.91 Å². The Labute approximate surface area is 142 Å². The summed E-state index contributed by atoms with van der Waals surface area (Å²) in [6.45, 7) is 0. The summed E-state index contributed by atoms with van der Waals surface area (Å²) in [5, 5.41) is 9.21. The largest absolute Gasteiger partial charge is 0.461 e. The third kappa shape index (κ3) is 3.13. The van der Waals surface area contributed by atoms with E-state index in [2.05, 4.69) is 30.5 Å². The zero-order valence-electron chi connectivity index (χ0n) is 12.9. The second kappa shape index (κ2) is 6.36. The number of carbonyl (C=O) groups excluding carboxylic acids is 1. The Morgan fingerprint density at radius 3 is 2.56 bits per heavy atom. The third-order valence-corrected chi connectivity index (χ3v) is 3.41. The molecule has 3 heterocycles. The molecule has 8 nitrogen and oxygen atoms in total. The van der Waals surface area contributed by atoms with Crippen molar-refractivity contribution >= 4 is 11.9 Å². The van der Waals surface area contributed by atoms with E-state index >= 15 is 0 Å². The molecular formula is C17H12N6O2. The molecule has 25 heavy (non-hydrogen) atoms. The maximum Gasteiger partial charge on any atom is 0.261 e. The number of nitrogens with zero attached hydrogens (tertiary/aromatic N) is 4. The van der Waals surface area contributed by atoms with Crippen molar-refractivity contribution < 1.29 is 9.21 Å². The lowest BCUT2D eigenvalue weighted by molar-refractivity contribution is 0.102. The number of amides is 1.